The first-order chi connectivity index (χ1) is 16.4. The van der Waals surface area contributed by atoms with E-state index in [1.165, 1.54) is 0 Å². The molecule has 0 unspecified atom stereocenters. The Kier molecular flexibility index (Phi) is 7.31. The van der Waals surface area contributed by atoms with Gasteiger partial charge in [0.2, 0.25) is 0 Å². The summed E-state index contributed by atoms with van der Waals surface area (Å²) >= 11 is 0. The molecule has 198 valence electrons. The number of rotatable bonds is 6. The van der Waals surface area contributed by atoms with Crippen LogP contribution in [-0.4, -0.2) is 46.3 Å². The lowest BCUT2D eigenvalue weighted by atomic mass is 9.43. The van der Waals surface area contributed by atoms with Gasteiger partial charge in [-0.25, -0.2) is 4.79 Å². The molecule has 0 heterocycles. The van der Waals surface area contributed by atoms with E-state index in [0.29, 0.717) is 24.7 Å². The number of carboxylic acid groups (broad SMARTS) is 1. The highest BCUT2D eigenvalue weighted by atomic mass is 16.6. The molecule has 0 saturated heterocycles. The maximum atomic E-state index is 14.2. The van der Waals surface area contributed by atoms with Crippen molar-refractivity contribution < 1.29 is 29.3 Å². The maximum Gasteiger partial charge on any atom is 0.408 e. The van der Waals surface area contributed by atoms with E-state index in [1.807, 2.05) is 13.8 Å². The number of carboxylic acids is 1. The lowest BCUT2D eigenvalue weighted by Crippen LogP contribution is -2.63. The number of carbonyl (C=O) groups is 3. The van der Waals surface area contributed by atoms with Gasteiger partial charge in [0.15, 0.2) is 11.9 Å². The quantitative estimate of drug-likeness (QED) is 0.492. The molecule has 0 spiro atoms. The van der Waals surface area contributed by atoms with E-state index in [9.17, 15) is 24.6 Å². The molecule has 35 heavy (non-hydrogen) atoms. The molecule has 0 aliphatic heterocycles. The molecule has 0 aromatic heterocycles. The largest absolute Gasteiger partial charge is 0.481 e. The number of hydrogen-bond donors (Lipinski definition) is 3. The van der Waals surface area contributed by atoms with Crippen LogP contribution in [0.25, 0.3) is 0 Å². The number of Topliss-reactive ketones (excluding diaryl/α,β-unsaturated/α-hetero) is 1. The van der Waals surface area contributed by atoms with Crippen LogP contribution < -0.4 is 5.32 Å². The molecule has 1 amide bonds. The zero-order valence-corrected chi connectivity index (χ0v) is 22.1. The number of carbonyl (C=O) groups excluding carboxylic acids is 2. The molecule has 4 aliphatic carbocycles. The Morgan fingerprint density at radius 3 is 2.34 bits per heavy atom. The van der Waals surface area contributed by atoms with Crippen LogP contribution >= 0.6 is 0 Å². The van der Waals surface area contributed by atoms with Crippen LogP contribution in [0.5, 0.6) is 0 Å². The average molecular weight is 492 g/mol. The van der Waals surface area contributed by atoms with Crippen molar-refractivity contribution in [3.05, 3.63) is 0 Å². The summed E-state index contributed by atoms with van der Waals surface area (Å²) in [6, 6.07) is -0.0851. The van der Waals surface area contributed by atoms with Gasteiger partial charge in [0.1, 0.15) is 0 Å². The van der Waals surface area contributed by atoms with Crippen LogP contribution in [0.1, 0.15) is 92.4 Å². The van der Waals surface area contributed by atoms with Crippen molar-refractivity contribution in [2.24, 2.45) is 46.3 Å². The fraction of sp³-hybridized carbons (Fsp3) is 0.893. The van der Waals surface area contributed by atoms with Gasteiger partial charge in [-0.3, -0.25) is 9.59 Å². The van der Waals surface area contributed by atoms with Crippen LogP contribution in [-0.2, 0) is 14.3 Å². The summed E-state index contributed by atoms with van der Waals surface area (Å²) in [7, 11) is 0. The number of fused-ring (bicyclic) bond motifs is 5. The number of nitrogens with one attached hydrogen (secondary N) is 1. The Labute approximate surface area is 209 Å². The lowest BCUT2D eigenvalue weighted by Gasteiger charge is -2.61. The van der Waals surface area contributed by atoms with Gasteiger partial charge in [0, 0.05) is 24.3 Å². The van der Waals surface area contributed by atoms with Gasteiger partial charge in [0.25, 0.3) is 0 Å². The number of amides is 1. The van der Waals surface area contributed by atoms with Crippen molar-refractivity contribution in [2.75, 3.05) is 0 Å². The minimum atomic E-state index is -0.819. The lowest BCUT2D eigenvalue weighted by molar-refractivity contribution is -0.184. The van der Waals surface area contributed by atoms with Crippen LogP contribution in [0.4, 0.5) is 4.79 Å². The van der Waals surface area contributed by atoms with E-state index < -0.39 is 24.3 Å². The number of aliphatic carboxylic acids is 1. The van der Waals surface area contributed by atoms with Gasteiger partial charge in [-0.15, -0.1) is 0 Å². The summed E-state index contributed by atoms with van der Waals surface area (Å²) in [5.41, 5.74) is -0.147. The van der Waals surface area contributed by atoms with Crippen molar-refractivity contribution in [3.8, 4) is 0 Å². The standard InChI is InChI=1S/C28H45NO6/c1-15(2)29-26(34)35-25-21-14-17(30)10-12-28(21,5)20-11-13-27(4)18(16(3)6-9-22(31)32)7-8-19(27)23(20)24(25)33/h15-21,23,25,30H,6-14H2,1-5H3,(H,29,34)(H,31,32)/t16-,17-,18-,19+,20+,21+,23+,25-,27-,28-/m1/s1. The summed E-state index contributed by atoms with van der Waals surface area (Å²) in [6.07, 6.45) is 5.13. The first-order valence-electron chi connectivity index (χ1n) is 13.8. The van der Waals surface area contributed by atoms with E-state index in [1.54, 1.807) is 0 Å². The van der Waals surface area contributed by atoms with E-state index in [4.69, 9.17) is 4.74 Å². The highest BCUT2D eigenvalue weighted by Crippen LogP contribution is 2.68. The molecule has 0 aromatic carbocycles. The second-order valence-electron chi connectivity index (χ2n) is 12.9. The molecule has 4 aliphatic rings. The monoisotopic (exact) mass is 491 g/mol. The first kappa shape index (κ1) is 26.4. The number of alkyl carbamates (subject to hydrolysis) is 1. The summed E-state index contributed by atoms with van der Waals surface area (Å²) in [4.78, 5) is 38.0. The second-order valence-corrected chi connectivity index (χ2v) is 12.9. The molecule has 10 atom stereocenters. The van der Waals surface area contributed by atoms with Crippen LogP contribution in [0, 0.1) is 46.3 Å². The molecule has 4 rings (SSSR count). The van der Waals surface area contributed by atoms with E-state index in [2.05, 4.69) is 26.1 Å². The smallest absolute Gasteiger partial charge is 0.408 e. The van der Waals surface area contributed by atoms with Gasteiger partial charge in [0.05, 0.1) is 6.10 Å². The molecule has 3 N–H and O–H groups in total. The topological polar surface area (TPSA) is 113 Å². The minimum absolute atomic E-state index is 0.00311. The molecule has 7 heteroatoms. The molecule has 4 saturated carbocycles. The molecular weight excluding hydrogens is 446 g/mol. The fourth-order valence-electron chi connectivity index (χ4n) is 8.99. The zero-order chi connectivity index (χ0) is 25.7. The summed E-state index contributed by atoms with van der Waals surface area (Å²) in [5, 5.41) is 22.5. The Bertz CT molecular complexity index is 843. The minimum Gasteiger partial charge on any atom is -0.481 e. The van der Waals surface area contributed by atoms with Crippen molar-refractivity contribution in [1.82, 2.24) is 5.32 Å². The number of ketones is 1. The van der Waals surface area contributed by atoms with Gasteiger partial charge < -0.3 is 20.3 Å². The fourth-order valence-corrected chi connectivity index (χ4v) is 8.99. The highest BCUT2D eigenvalue weighted by Gasteiger charge is 2.66. The van der Waals surface area contributed by atoms with E-state index >= 15 is 0 Å². The summed E-state index contributed by atoms with van der Waals surface area (Å²) in [5.74, 6) is 0.187. The molecule has 0 aromatic rings. The zero-order valence-electron chi connectivity index (χ0n) is 22.1. The van der Waals surface area contributed by atoms with Crippen molar-refractivity contribution in [3.63, 3.8) is 0 Å². The molecular formula is C28H45NO6. The summed E-state index contributed by atoms with van der Waals surface area (Å²) in [6.45, 7) is 10.5. The normalized spacial score (nSPS) is 43.6. The molecule has 0 radical (unpaired) electrons. The van der Waals surface area contributed by atoms with Crippen molar-refractivity contribution in [2.45, 2.75) is 111 Å². The highest BCUT2D eigenvalue weighted by molar-refractivity contribution is 5.89. The van der Waals surface area contributed by atoms with Crippen LogP contribution in [0.2, 0.25) is 0 Å². The SMILES string of the molecule is CC(C)NC(=O)O[C@H]1C(=O)[C@@H]2[C@H](CC[C@]3(C)[C@@H]([C@H](C)CCC(=O)O)CC[C@@H]23)[C@@]2(C)CC[C@@H](O)C[C@@H]12. The van der Waals surface area contributed by atoms with Gasteiger partial charge in [-0.05, 0) is 99.7 Å². The van der Waals surface area contributed by atoms with E-state index in [-0.39, 0.29) is 52.7 Å². The third-order valence-electron chi connectivity index (χ3n) is 10.7. The number of aliphatic hydroxyl groups is 1. The van der Waals surface area contributed by atoms with E-state index in [0.717, 1.165) is 38.5 Å². The third-order valence-corrected chi connectivity index (χ3v) is 10.7. The van der Waals surface area contributed by atoms with Crippen molar-refractivity contribution >= 4 is 17.8 Å². The van der Waals surface area contributed by atoms with Crippen LogP contribution in [0.3, 0.4) is 0 Å². The van der Waals surface area contributed by atoms with Crippen LogP contribution in [0.15, 0.2) is 0 Å². The first-order valence-corrected chi connectivity index (χ1v) is 13.8. The Balaban J connectivity index is 1.64. The Hall–Kier alpha value is -1.63. The van der Waals surface area contributed by atoms with Gasteiger partial charge in [-0.2, -0.15) is 0 Å². The average Bonchev–Trinajstić information content (AvgIpc) is 3.12. The summed E-state index contributed by atoms with van der Waals surface area (Å²) < 4.78 is 5.89. The molecule has 7 nitrogen and oxygen atoms in total. The Morgan fingerprint density at radius 2 is 1.69 bits per heavy atom. The second kappa shape index (κ2) is 9.68. The predicted octanol–water partition coefficient (Wildman–Crippen LogP) is 4.80. The molecule has 0 bridgehead atoms. The number of hydrogen-bond acceptors (Lipinski definition) is 5. The Morgan fingerprint density at radius 1 is 1.03 bits per heavy atom. The number of ether oxygens (including phenoxy) is 1. The van der Waals surface area contributed by atoms with Gasteiger partial charge in [-0.1, -0.05) is 20.8 Å². The number of aliphatic hydroxyl groups excluding tert-OH is 1. The van der Waals surface area contributed by atoms with Crippen molar-refractivity contribution in [1.29, 1.82) is 0 Å². The maximum absolute atomic E-state index is 14.2. The predicted molar refractivity (Wildman–Crippen MR) is 132 cm³/mol. The van der Waals surface area contributed by atoms with Gasteiger partial charge >= 0.3 is 12.1 Å². The molecule has 4 fully saturated rings. The third kappa shape index (κ3) is 4.62.